The molecule has 0 aliphatic rings. The molecular formula is C15H16ClNO2. The quantitative estimate of drug-likeness (QED) is 0.858. The summed E-state index contributed by atoms with van der Waals surface area (Å²) in [4.78, 5) is 11.6. The van der Waals surface area contributed by atoms with Crippen LogP contribution in [-0.4, -0.2) is 5.91 Å². The Labute approximate surface area is 117 Å². The van der Waals surface area contributed by atoms with Crippen molar-refractivity contribution in [2.24, 2.45) is 0 Å². The van der Waals surface area contributed by atoms with Crippen LogP contribution in [0.2, 0.25) is 5.02 Å². The number of unbranched alkanes of at least 4 members (excludes halogenated alkanes) is 1. The van der Waals surface area contributed by atoms with Crippen molar-refractivity contribution in [1.82, 2.24) is 0 Å². The summed E-state index contributed by atoms with van der Waals surface area (Å²) in [5.74, 6) is 0.750. The standard InChI is InChI=1S/C15H16ClNO2/c1-2-3-6-15(18)17-13-8-7-11(10-12(13)16)14-5-4-9-19-14/h4-5,7-10H,2-3,6H2,1H3,(H,17,18). The van der Waals surface area contributed by atoms with Crippen LogP contribution in [0.1, 0.15) is 26.2 Å². The Bertz CT molecular complexity index is 549. The van der Waals surface area contributed by atoms with Crippen LogP contribution in [0.15, 0.2) is 41.0 Å². The van der Waals surface area contributed by atoms with Gasteiger partial charge in [-0.25, -0.2) is 0 Å². The number of amides is 1. The van der Waals surface area contributed by atoms with Crippen molar-refractivity contribution in [2.75, 3.05) is 5.32 Å². The molecule has 0 saturated heterocycles. The molecular weight excluding hydrogens is 262 g/mol. The highest BCUT2D eigenvalue weighted by molar-refractivity contribution is 6.34. The Morgan fingerprint density at radius 3 is 2.84 bits per heavy atom. The van der Waals surface area contributed by atoms with E-state index < -0.39 is 0 Å². The van der Waals surface area contributed by atoms with Crippen LogP contribution in [0.3, 0.4) is 0 Å². The fraction of sp³-hybridized carbons (Fsp3) is 0.267. The summed E-state index contributed by atoms with van der Waals surface area (Å²) in [5, 5.41) is 3.33. The van der Waals surface area contributed by atoms with Crippen molar-refractivity contribution in [3.05, 3.63) is 41.6 Å². The molecule has 0 radical (unpaired) electrons. The normalized spacial score (nSPS) is 10.4. The highest BCUT2D eigenvalue weighted by Crippen LogP contribution is 2.29. The average molecular weight is 278 g/mol. The minimum absolute atomic E-state index is 0.00509. The highest BCUT2D eigenvalue weighted by atomic mass is 35.5. The molecule has 100 valence electrons. The van der Waals surface area contributed by atoms with Crippen LogP contribution in [0.25, 0.3) is 11.3 Å². The van der Waals surface area contributed by atoms with Gasteiger partial charge in [-0.05, 0) is 36.8 Å². The summed E-state index contributed by atoms with van der Waals surface area (Å²) in [5.41, 5.74) is 1.53. The molecule has 1 aromatic heterocycles. The number of furan rings is 1. The van der Waals surface area contributed by atoms with E-state index in [2.05, 4.69) is 12.2 Å². The Morgan fingerprint density at radius 1 is 1.37 bits per heavy atom. The molecule has 3 nitrogen and oxygen atoms in total. The van der Waals surface area contributed by atoms with E-state index in [1.54, 1.807) is 18.4 Å². The molecule has 0 saturated carbocycles. The van der Waals surface area contributed by atoms with Crippen LogP contribution < -0.4 is 5.32 Å². The van der Waals surface area contributed by atoms with E-state index in [0.29, 0.717) is 17.1 Å². The molecule has 0 fully saturated rings. The fourth-order valence-corrected chi connectivity index (χ4v) is 1.99. The monoisotopic (exact) mass is 277 g/mol. The van der Waals surface area contributed by atoms with Crippen molar-refractivity contribution in [1.29, 1.82) is 0 Å². The minimum Gasteiger partial charge on any atom is -0.464 e. The SMILES string of the molecule is CCCCC(=O)Nc1ccc(-c2ccco2)cc1Cl. The van der Waals surface area contributed by atoms with Gasteiger partial charge in [0.1, 0.15) is 5.76 Å². The first-order chi connectivity index (χ1) is 9.20. The Balaban J connectivity index is 2.09. The zero-order chi connectivity index (χ0) is 13.7. The number of halogens is 1. The number of anilines is 1. The molecule has 0 spiro atoms. The predicted octanol–water partition coefficient (Wildman–Crippen LogP) is 4.73. The molecule has 4 heteroatoms. The third-order valence-corrected chi connectivity index (χ3v) is 3.12. The first-order valence-corrected chi connectivity index (χ1v) is 6.71. The lowest BCUT2D eigenvalue weighted by Crippen LogP contribution is -2.11. The second-order valence-corrected chi connectivity index (χ2v) is 4.73. The van der Waals surface area contributed by atoms with Gasteiger partial charge in [0.2, 0.25) is 5.91 Å². The maximum absolute atomic E-state index is 11.6. The Hall–Kier alpha value is -1.74. The minimum atomic E-state index is -0.00509. The molecule has 2 rings (SSSR count). The van der Waals surface area contributed by atoms with Gasteiger partial charge in [-0.3, -0.25) is 4.79 Å². The van der Waals surface area contributed by atoms with E-state index in [1.807, 2.05) is 18.2 Å². The van der Waals surface area contributed by atoms with Gasteiger partial charge in [0.15, 0.2) is 0 Å². The van der Waals surface area contributed by atoms with Gasteiger partial charge in [-0.15, -0.1) is 0 Å². The summed E-state index contributed by atoms with van der Waals surface area (Å²) in [6.45, 7) is 2.05. The van der Waals surface area contributed by atoms with E-state index in [0.717, 1.165) is 24.2 Å². The maximum Gasteiger partial charge on any atom is 0.224 e. The molecule has 0 unspecified atom stereocenters. The van der Waals surface area contributed by atoms with Gasteiger partial charge in [-0.1, -0.05) is 24.9 Å². The lowest BCUT2D eigenvalue weighted by atomic mass is 10.1. The van der Waals surface area contributed by atoms with Crippen LogP contribution >= 0.6 is 11.6 Å². The number of hydrogen-bond donors (Lipinski definition) is 1. The van der Waals surface area contributed by atoms with E-state index in [9.17, 15) is 4.79 Å². The molecule has 1 N–H and O–H groups in total. The summed E-state index contributed by atoms with van der Waals surface area (Å²) in [6, 6.07) is 9.15. The second-order valence-electron chi connectivity index (χ2n) is 4.32. The first kappa shape index (κ1) is 13.7. The molecule has 0 aliphatic carbocycles. The molecule has 0 aliphatic heterocycles. The highest BCUT2D eigenvalue weighted by Gasteiger charge is 2.08. The van der Waals surface area contributed by atoms with Crippen molar-refractivity contribution in [3.63, 3.8) is 0 Å². The fourth-order valence-electron chi connectivity index (χ4n) is 1.76. The zero-order valence-corrected chi connectivity index (χ0v) is 11.5. The zero-order valence-electron chi connectivity index (χ0n) is 10.8. The molecule has 2 aromatic rings. The number of benzene rings is 1. The average Bonchev–Trinajstić information content (AvgIpc) is 2.92. The molecule has 19 heavy (non-hydrogen) atoms. The van der Waals surface area contributed by atoms with Crippen molar-refractivity contribution < 1.29 is 9.21 Å². The maximum atomic E-state index is 11.6. The largest absolute Gasteiger partial charge is 0.464 e. The molecule has 0 bridgehead atoms. The van der Waals surface area contributed by atoms with Gasteiger partial charge in [0, 0.05) is 12.0 Å². The van der Waals surface area contributed by atoms with Crippen molar-refractivity contribution >= 4 is 23.2 Å². The Morgan fingerprint density at radius 2 is 2.21 bits per heavy atom. The molecule has 1 amide bonds. The van der Waals surface area contributed by atoms with Gasteiger partial charge in [0.05, 0.1) is 17.0 Å². The number of rotatable bonds is 5. The summed E-state index contributed by atoms with van der Waals surface area (Å²) in [6.07, 6.45) is 4.02. The smallest absolute Gasteiger partial charge is 0.224 e. The van der Waals surface area contributed by atoms with Crippen molar-refractivity contribution in [2.45, 2.75) is 26.2 Å². The summed E-state index contributed by atoms with van der Waals surface area (Å²) >= 11 is 6.17. The van der Waals surface area contributed by atoms with E-state index in [1.165, 1.54) is 0 Å². The van der Waals surface area contributed by atoms with Crippen molar-refractivity contribution in [3.8, 4) is 11.3 Å². The first-order valence-electron chi connectivity index (χ1n) is 6.34. The van der Waals surface area contributed by atoms with Gasteiger partial charge >= 0.3 is 0 Å². The number of nitrogens with one attached hydrogen (secondary N) is 1. The molecule has 0 atom stereocenters. The van der Waals surface area contributed by atoms with E-state index >= 15 is 0 Å². The number of carbonyl (C=O) groups is 1. The third-order valence-electron chi connectivity index (χ3n) is 2.81. The number of carbonyl (C=O) groups excluding carboxylic acids is 1. The van der Waals surface area contributed by atoms with Crippen LogP contribution in [0.4, 0.5) is 5.69 Å². The topological polar surface area (TPSA) is 42.2 Å². The van der Waals surface area contributed by atoms with Crippen LogP contribution in [0, 0.1) is 0 Å². The number of hydrogen-bond acceptors (Lipinski definition) is 2. The van der Waals surface area contributed by atoms with E-state index in [4.69, 9.17) is 16.0 Å². The third kappa shape index (κ3) is 3.61. The lowest BCUT2D eigenvalue weighted by molar-refractivity contribution is -0.116. The molecule has 1 aromatic carbocycles. The summed E-state index contributed by atoms with van der Waals surface area (Å²) in [7, 11) is 0. The summed E-state index contributed by atoms with van der Waals surface area (Å²) < 4.78 is 5.30. The Kier molecular flexibility index (Phi) is 4.63. The molecule has 1 heterocycles. The van der Waals surface area contributed by atoms with Crippen LogP contribution in [-0.2, 0) is 4.79 Å². The predicted molar refractivity (Wildman–Crippen MR) is 77.3 cm³/mol. The van der Waals surface area contributed by atoms with E-state index in [-0.39, 0.29) is 5.91 Å². The van der Waals surface area contributed by atoms with Crippen LogP contribution in [0.5, 0.6) is 0 Å². The second kappa shape index (κ2) is 6.43. The van der Waals surface area contributed by atoms with Gasteiger partial charge < -0.3 is 9.73 Å². The van der Waals surface area contributed by atoms with Gasteiger partial charge in [0.25, 0.3) is 0 Å². The van der Waals surface area contributed by atoms with Gasteiger partial charge in [-0.2, -0.15) is 0 Å². The lowest BCUT2D eigenvalue weighted by Gasteiger charge is -2.08.